The predicted octanol–water partition coefficient (Wildman–Crippen LogP) is 4.74. The lowest BCUT2D eigenvalue weighted by Crippen LogP contribution is -2.24. The quantitative estimate of drug-likeness (QED) is 0.869. The van der Waals surface area contributed by atoms with Crippen molar-refractivity contribution in [1.82, 2.24) is 0 Å². The van der Waals surface area contributed by atoms with Crippen LogP contribution in [0.2, 0.25) is 5.02 Å². The van der Waals surface area contributed by atoms with Crippen molar-refractivity contribution in [1.29, 1.82) is 0 Å². The van der Waals surface area contributed by atoms with E-state index in [1.165, 1.54) is 24.0 Å². The van der Waals surface area contributed by atoms with E-state index < -0.39 is 0 Å². The lowest BCUT2D eigenvalue weighted by molar-refractivity contribution is 0.161. The first-order valence-corrected chi connectivity index (χ1v) is 7.90. The summed E-state index contributed by atoms with van der Waals surface area (Å²) in [5.41, 5.74) is 9.99. The normalized spacial score (nSPS) is 24.3. The van der Waals surface area contributed by atoms with Gasteiger partial charge in [0.1, 0.15) is 11.9 Å². The summed E-state index contributed by atoms with van der Waals surface area (Å²) >= 11 is 6.05. The zero-order valence-electron chi connectivity index (χ0n) is 11.8. The summed E-state index contributed by atoms with van der Waals surface area (Å²) in [5, 5.41) is 0.710. The third-order valence-corrected chi connectivity index (χ3v) is 4.67. The highest BCUT2D eigenvalue weighted by Gasteiger charge is 2.29. The molecule has 1 aliphatic heterocycles. The van der Waals surface area contributed by atoms with Gasteiger partial charge >= 0.3 is 0 Å². The Morgan fingerprint density at radius 2 is 1.86 bits per heavy atom. The molecule has 1 saturated carbocycles. The molecule has 0 amide bonds. The van der Waals surface area contributed by atoms with Gasteiger partial charge in [0.2, 0.25) is 0 Å². The Labute approximate surface area is 129 Å². The van der Waals surface area contributed by atoms with Gasteiger partial charge in [-0.25, -0.2) is 0 Å². The molecule has 0 radical (unpaired) electrons. The molecular formula is C18H18ClNO. The van der Waals surface area contributed by atoms with Crippen LogP contribution in [-0.2, 0) is 0 Å². The summed E-state index contributed by atoms with van der Waals surface area (Å²) in [6, 6.07) is 14.5. The summed E-state index contributed by atoms with van der Waals surface area (Å²) in [6.45, 7) is 0. The average molecular weight is 300 g/mol. The number of rotatable bonds is 2. The molecule has 0 spiro atoms. The first kappa shape index (κ1) is 13.2. The minimum absolute atomic E-state index is 0.0259. The lowest BCUT2D eigenvalue weighted by Gasteiger charge is -2.31. The Morgan fingerprint density at radius 3 is 2.67 bits per heavy atom. The SMILES string of the molecule is NC1CC(c2cccc(C3CC3)c2)Oc2ccc(Cl)cc21. The second-order valence-corrected chi connectivity index (χ2v) is 6.51. The largest absolute Gasteiger partial charge is 0.485 e. The van der Waals surface area contributed by atoms with E-state index >= 15 is 0 Å². The van der Waals surface area contributed by atoms with Crippen molar-refractivity contribution in [3.63, 3.8) is 0 Å². The summed E-state index contributed by atoms with van der Waals surface area (Å²) < 4.78 is 6.16. The Bertz CT molecular complexity index is 681. The number of fused-ring (bicyclic) bond motifs is 1. The highest BCUT2D eigenvalue weighted by molar-refractivity contribution is 6.30. The summed E-state index contributed by atoms with van der Waals surface area (Å²) in [5.74, 6) is 1.62. The smallest absolute Gasteiger partial charge is 0.126 e. The highest BCUT2D eigenvalue weighted by atomic mass is 35.5. The van der Waals surface area contributed by atoms with Crippen LogP contribution in [-0.4, -0.2) is 0 Å². The van der Waals surface area contributed by atoms with Crippen LogP contribution in [0.4, 0.5) is 0 Å². The van der Waals surface area contributed by atoms with Crippen LogP contribution in [0.15, 0.2) is 42.5 Å². The fourth-order valence-corrected chi connectivity index (χ4v) is 3.29. The van der Waals surface area contributed by atoms with Crippen molar-refractivity contribution in [2.45, 2.75) is 37.3 Å². The van der Waals surface area contributed by atoms with Crippen molar-refractivity contribution in [3.05, 3.63) is 64.2 Å². The van der Waals surface area contributed by atoms with Crippen LogP contribution >= 0.6 is 11.6 Å². The third kappa shape index (κ3) is 2.54. The molecule has 1 fully saturated rings. The number of halogens is 1. The number of benzene rings is 2. The molecule has 4 rings (SSSR count). The van der Waals surface area contributed by atoms with Gasteiger partial charge in [0.25, 0.3) is 0 Å². The molecule has 108 valence electrons. The molecule has 2 atom stereocenters. The second kappa shape index (κ2) is 5.04. The van der Waals surface area contributed by atoms with E-state index in [4.69, 9.17) is 22.1 Å². The number of hydrogen-bond acceptors (Lipinski definition) is 2. The van der Waals surface area contributed by atoms with Gasteiger partial charge in [0, 0.05) is 23.0 Å². The maximum absolute atomic E-state index is 6.31. The third-order valence-electron chi connectivity index (χ3n) is 4.44. The van der Waals surface area contributed by atoms with Gasteiger partial charge < -0.3 is 10.5 Å². The van der Waals surface area contributed by atoms with Crippen LogP contribution in [0, 0.1) is 0 Å². The van der Waals surface area contributed by atoms with E-state index in [1.807, 2.05) is 18.2 Å². The molecule has 2 N–H and O–H groups in total. The molecule has 0 bridgehead atoms. The molecule has 21 heavy (non-hydrogen) atoms. The van der Waals surface area contributed by atoms with Gasteiger partial charge in [-0.1, -0.05) is 35.9 Å². The molecule has 2 nitrogen and oxygen atoms in total. The molecule has 2 unspecified atom stereocenters. The van der Waals surface area contributed by atoms with Crippen LogP contribution in [0.5, 0.6) is 5.75 Å². The number of hydrogen-bond donors (Lipinski definition) is 1. The molecule has 2 aliphatic rings. The van der Waals surface area contributed by atoms with Gasteiger partial charge in [0.05, 0.1) is 0 Å². The fourth-order valence-electron chi connectivity index (χ4n) is 3.11. The Kier molecular flexibility index (Phi) is 3.16. The van der Waals surface area contributed by atoms with E-state index in [0.717, 1.165) is 23.7 Å². The van der Waals surface area contributed by atoms with Gasteiger partial charge in [-0.05, 0) is 48.1 Å². The van der Waals surface area contributed by atoms with Crippen LogP contribution in [0.3, 0.4) is 0 Å². The maximum Gasteiger partial charge on any atom is 0.126 e. The van der Waals surface area contributed by atoms with E-state index in [0.29, 0.717) is 5.02 Å². The number of ether oxygens (including phenoxy) is 1. The van der Waals surface area contributed by atoms with Crippen LogP contribution < -0.4 is 10.5 Å². The van der Waals surface area contributed by atoms with E-state index in [-0.39, 0.29) is 12.1 Å². The van der Waals surface area contributed by atoms with Gasteiger partial charge in [-0.2, -0.15) is 0 Å². The molecule has 0 saturated heterocycles. The lowest BCUT2D eigenvalue weighted by atomic mass is 9.92. The Morgan fingerprint density at radius 1 is 1.05 bits per heavy atom. The topological polar surface area (TPSA) is 35.2 Å². The average Bonchev–Trinajstić information content (AvgIpc) is 3.33. The fraction of sp³-hybridized carbons (Fsp3) is 0.333. The standard InChI is InChI=1S/C18H18ClNO/c19-14-6-7-17-15(9-14)16(20)10-18(21-17)13-3-1-2-12(8-13)11-4-5-11/h1-3,6-9,11,16,18H,4-5,10,20H2. The second-order valence-electron chi connectivity index (χ2n) is 6.08. The zero-order valence-corrected chi connectivity index (χ0v) is 12.5. The van der Waals surface area contributed by atoms with Crippen molar-refractivity contribution in [3.8, 4) is 5.75 Å². The van der Waals surface area contributed by atoms with Crippen LogP contribution in [0.1, 0.15) is 54.0 Å². The van der Waals surface area contributed by atoms with E-state index in [9.17, 15) is 0 Å². The molecule has 1 heterocycles. The van der Waals surface area contributed by atoms with Crippen molar-refractivity contribution < 1.29 is 4.74 Å². The van der Waals surface area contributed by atoms with E-state index in [1.54, 1.807) is 0 Å². The van der Waals surface area contributed by atoms with Crippen molar-refractivity contribution >= 4 is 11.6 Å². The molecular weight excluding hydrogens is 282 g/mol. The van der Waals surface area contributed by atoms with Crippen LogP contribution in [0.25, 0.3) is 0 Å². The Balaban J connectivity index is 1.65. The van der Waals surface area contributed by atoms with Gasteiger partial charge in [-0.3, -0.25) is 0 Å². The van der Waals surface area contributed by atoms with E-state index in [2.05, 4.69) is 24.3 Å². The van der Waals surface area contributed by atoms with Gasteiger partial charge in [-0.15, -0.1) is 0 Å². The molecule has 2 aromatic carbocycles. The molecule has 3 heteroatoms. The first-order chi connectivity index (χ1) is 10.2. The minimum Gasteiger partial charge on any atom is -0.485 e. The summed E-state index contributed by atoms with van der Waals surface area (Å²) in [7, 11) is 0. The van der Waals surface area contributed by atoms with Crippen molar-refractivity contribution in [2.75, 3.05) is 0 Å². The maximum atomic E-state index is 6.31. The number of nitrogens with two attached hydrogens (primary N) is 1. The zero-order chi connectivity index (χ0) is 14.4. The van der Waals surface area contributed by atoms with Crippen molar-refractivity contribution in [2.24, 2.45) is 5.73 Å². The predicted molar refractivity (Wildman–Crippen MR) is 84.8 cm³/mol. The summed E-state index contributed by atoms with van der Waals surface area (Å²) in [4.78, 5) is 0. The van der Waals surface area contributed by atoms with Gasteiger partial charge in [0.15, 0.2) is 0 Å². The summed E-state index contributed by atoms with van der Waals surface area (Å²) in [6.07, 6.45) is 3.46. The first-order valence-electron chi connectivity index (χ1n) is 7.52. The molecule has 2 aromatic rings. The Hall–Kier alpha value is -1.51. The molecule has 1 aliphatic carbocycles. The molecule has 0 aromatic heterocycles. The monoisotopic (exact) mass is 299 g/mol. The minimum atomic E-state index is -0.0259. The highest BCUT2D eigenvalue weighted by Crippen LogP contribution is 2.43.